The monoisotopic (exact) mass is 272 g/mol. The van der Waals surface area contributed by atoms with Gasteiger partial charge in [0.15, 0.2) is 5.82 Å². The Kier molecular flexibility index (Phi) is 5.15. The van der Waals surface area contributed by atoms with Gasteiger partial charge in [0.05, 0.1) is 12.9 Å². The van der Waals surface area contributed by atoms with Gasteiger partial charge in [-0.25, -0.2) is 4.98 Å². The van der Waals surface area contributed by atoms with E-state index in [0.717, 1.165) is 6.42 Å². The molecular formula is C11H17ClN4O2. The third-order valence-electron chi connectivity index (χ3n) is 2.40. The van der Waals surface area contributed by atoms with E-state index in [0.29, 0.717) is 12.4 Å². The first kappa shape index (κ1) is 14.5. The van der Waals surface area contributed by atoms with Gasteiger partial charge in [0.2, 0.25) is 5.91 Å². The van der Waals surface area contributed by atoms with Gasteiger partial charge in [-0.15, -0.1) is 0 Å². The van der Waals surface area contributed by atoms with Crippen molar-refractivity contribution in [3.63, 3.8) is 0 Å². The Bertz CT molecular complexity index is 472. The lowest BCUT2D eigenvalue weighted by Gasteiger charge is -2.24. The molecule has 1 heterocycles. The highest BCUT2D eigenvalue weighted by Gasteiger charge is 2.17. The van der Waals surface area contributed by atoms with Crippen LogP contribution in [0.4, 0.5) is 5.82 Å². The van der Waals surface area contributed by atoms with E-state index in [1.165, 1.54) is 11.2 Å². The molecule has 0 atom stereocenters. The smallest absolute Gasteiger partial charge is 0.271 e. The maximum atomic E-state index is 11.7. The molecule has 6 nitrogen and oxygen atoms in total. The number of amides is 1. The van der Waals surface area contributed by atoms with Crippen LogP contribution in [0.15, 0.2) is 11.1 Å². The van der Waals surface area contributed by atoms with Gasteiger partial charge in [0, 0.05) is 20.6 Å². The van der Waals surface area contributed by atoms with E-state index >= 15 is 0 Å². The topological polar surface area (TPSA) is 69.3 Å². The number of halogens is 1. The largest absolute Gasteiger partial charge is 0.347 e. The van der Waals surface area contributed by atoms with Crippen LogP contribution in [0.25, 0.3) is 0 Å². The predicted octanol–water partition coefficient (Wildman–Crippen LogP) is 0.728. The lowest BCUT2D eigenvalue weighted by molar-refractivity contribution is -0.127. The summed E-state index contributed by atoms with van der Waals surface area (Å²) in [7, 11) is 3.36. The molecular weight excluding hydrogens is 256 g/mol. The molecule has 0 aliphatic carbocycles. The van der Waals surface area contributed by atoms with Crippen LogP contribution in [0.3, 0.4) is 0 Å². The van der Waals surface area contributed by atoms with Crippen LogP contribution in [0, 0.1) is 0 Å². The van der Waals surface area contributed by atoms with E-state index in [2.05, 4.69) is 9.97 Å². The van der Waals surface area contributed by atoms with Crippen molar-refractivity contribution in [1.29, 1.82) is 0 Å². The summed E-state index contributed by atoms with van der Waals surface area (Å²) in [6.45, 7) is 2.74. The van der Waals surface area contributed by atoms with Gasteiger partial charge in [-0.3, -0.25) is 9.59 Å². The van der Waals surface area contributed by atoms with Gasteiger partial charge in [0.1, 0.15) is 5.02 Å². The minimum Gasteiger partial charge on any atom is -0.347 e. The Hall–Kier alpha value is -1.56. The summed E-state index contributed by atoms with van der Waals surface area (Å²) in [4.78, 5) is 32.8. The molecule has 0 unspecified atom stereocenters. The van der Waals surface area contributed by atoms with Gasteiger partial charge in [-0.2, -0.15) is 0 Å². The van der Waals surface area contributed by atoms with E-state index in [9.17, 15) is 9.59 Å². The molecule has 1 aromatic heterocycles. The van der Waals surface area contributed by atoms with Crippen molar-refractivity contribution in [1.82, 2.24) is 14.9 Å². The summed E-state index contributed by atoms with van der Waals surface area (Å²) in [5.41, 5.74) is -0.403. The maximum Gasteiger partial charge on any atom is 0.271 e. The van der Waals surface area contributed by atoms with Crippen molar-refractivity contribution < 1.29 is 4.79 Å². The summed E-state index contributed by atoms with van der Waals surface area (Å²) in [6, 6.07) is 0. The highest BCUT2D eigenvalue weighted by molar-refractivity contribution is 6.32. The average Bonchev–Trinajstić information content (AvgIpc) is 2.32. The Morgan fingerprint density at radius 2 is 2.17 bits per heavy atom. The van der Waals surface area contributed by atoms with Crippen LogP contribution in [0.2, 0.25) is 5.02 Å². The van der Waals surface area contributed by atoms with E-state index in [-0.39, 0.29) is 17.5 Å². The molecule has 0 spiro atoms. The zero-order chi connectivity index (χ0) is 13.7. The number of likely N-dealkylation sites (N-methyl/N-ethyl adjacent to an activating group) is 1. The van der Waals surface area contributed by atoms with Crippen LogP contribution in [0.1, 0.15) is 13.3 Å². The molecule has 0 aliphatic rings. The number of hydrogen-bond donors (Lipinski definition) is 1. The molecule has 0 aromatic carbocycles. The molecule has 0 saturated heterocycles. The second-order valence-corrected chi connectivity index (χ2v) is 4.46. The van der Waals surface area contributed by atoms with E-state index in [1.54, 1.807) is 19.0 Å². The Balaban J connectivity index is 3.01. The second kappa shape index (κ2) is 6.39. The summed E-state index contributed by atoms with van der Waals surface area (Å²) in [5.74, 6) is 0.277. The molecule has 1 aromatic rings. The molecule has 1 N–H and O–H groups in total. The highest BCUT2D eigenvalue weighted by Crippen LogP contribution is 2.18. The molecule has 0 fully saturated rings. The first-order chi connectivity index (χ1) is 8.47. The average molecular weight is 273 g/mol. The van der Waals surface area contributed by atoms with E-state index in [4.69, 9.17) is 11.6 Å². The van der Waals surface area contributed by atoms with Crippen LogP contribution < -0.4 is 10.5 Å². The van der Waals surface area contributed by atoms with Gasteiger partial charge in [-0.05, 0) is 6.42 Å². The number of nitrogens with zero attached hydrogens (tertiary/aromatic N) is 3. The minimum absolute atomic E-state index is 0.0116. The van der Waals surface area contributed by atoms with Gasteiger partial charge < -0.3 is 14.8 Å². The molecule has 18 heavy (non-hydrogen) atoms. The fourth-order valence-corrected chi connectivity index (χ4v) is 1.65. The van der Waals surface area contributed by atoms with Gasteiger partial charge >= 0.3 is 0 Å². The molecule has 0 aliphatic heterocycles. The lowest BCUT2D eigenvalue weighted by Crippen LogP contribution is -2.38. The standard InChI is InChI=1S/C11H17ClN4O2/c1-4-5-16(6-8(17)15(2)3)10-9(12)11(18)14-7-13-10/h7H,4-6H2,1-3H3,(H,13,14,18). The Labute approximate surface area is 111 Å². The normalized spacial score (nSPS) is 10.2. The number of aromatic nitrogens is 2. The third kappa shape index (κ3) is 3.46. The molecule has 0 radical (unpaired) electrons. The fourth-order valence-electron chi connectivity index (χ4n) is 1.43. The molecule has 0 bridgehead atoms. The summed E-state index contributed by atoms with van der Waals surface area (Å²) < 4.78 is 0. The molecule has 0 saturated carbocycles. The minimum atomic E-state index is -0.403. The third-order valence-corrected chi connectivity index (χ3v) is 2.74. The predicted molar refractivity (Wildman–Crippen MR) is 71.1 cm³/mol. The molecule has 7 heteroatoms. The number of nitrogens with one attached hydrogen (secondary N) is 1. The van der Waals surface area contributed by atoms with Crippen LogP contribution in [-0.2, 0) is 4.79 Å². The molecule has 100 valence electrons. The number of anilines is 1. The Morgan fingerprint density at radius 1 is 1.50 bits per heavy atom. The van der Waals surface area contributed by atoms with Crippen molar-refractivity contribution in [3.8, 4) is 0 Å². The highest BCUT2D eigenvalue weighted by atomic mass is 35.5. The van der Waals surface area contributed by atoms with Crippen molar-refractivity contribution in [2.75, 3.05) is 32.1 Å². The first-order valence-corrected chi connectivity index (χ1v) is 6.03. The second-order valence-electron chi connectivity index (χ2n) is 4.08. The van der Waals surface area contributed by atoms with Crippen molar-refractivity contribution in [2.24, 2.45) is 0 Å². The number of aromatic amines is 1. The van der Waals surface area contributed by atoms with Crippen LogP contribution in [-0.4, -0.2) is 48.0 Å². The molecule has 1 amide bonds. The van der Waals surface area contributed by atoms with Crippen LogP contribution >= 0.6 is 11.6 Å². The van der Waals surface area contributed by atoms with Gasteiger partial charge in [0.25, 0.3) is 5.56 Å². The Morgan fingerprint density at radius 3 is 2.72 bits per heavy atom. The quantitative estimate of drug-likeness (QED) is 0.858. The van der Waals surface area contributed by atoms with Crippen molar-refractivity contribution >= 4 is 23.3 Å². The van der Waals surface area contributed by atoms with Crippen LogP contribution in [0.5, 0.6) is 0 Å². The fraction of sp³-hybridized carbons (Fsp3) is 0.545. The molecule has 1 rings (SSSR count). The zero-order valence-corrected chi connectivity index (χ0v) is 11.5. The number of H-pyrrole nitrogens is 1. The number of carbonyl (C=O) groups is 1. The van der Waals surface area contributed by atoms with Crippen molar-refractivity contribution in [3.05, 3.63) is 21.7 Å². The summed E-state index contributed by atoms with van der Waals surface area (Å²) in [6.07, 6.45) is 2.11. The van der Waals surface area contributed by atoms with Gasteiger partial charge in [-0.1, -0.05) is 18.5 Å². The van der Waals surface area contributed by atoms with E-state index < -0.39 is 5.56 Å². The summed E-state index contributed by atoms with van der Waals surface area (Å²) in [5, 5.41) is 0.0116. The lowest BCUT2D eigenvalue weighted by atomic mass is 10.3. The number of rotatable bonds is 5. The van der Waals surface area contributed by atoms with E-state index in [1.807, 2.05) is 6.92 Å². The maximum absolute atomic E-state index is 11.7. The number of hydrogen-bond acceptors (Lipinski definition) is 4. The number of carbonyl (C=O) groups excluding carboxylic acids is 1. The van der Waals surface area contributed by atoms with Crippen molar-refractivity contribution in [2.45, 2.75) is 13.3 Å². The SMILES string of the molecule is CCCN(CC(=O)N(C)C)c1nc[nH]c(=O)c1Cl. The first-order valence-electron chi connectivity index (χ1n) is 5.65. The zero-order valence-electron chi connectivity index (χ0n) is 10.7. The summed E-state index contributed by atoms with van der Waals surface area (Å²) >= 11 is 5.91.